The van der Waals surface area contributed by atoms with Crippen LogP contribution in [0.5, 0.6) is 0 Å². The van der Waals surface area contributed by atoms with E-state index in [1.807, 2.05) is 0 Å². The van der Waals surface area contributed by atoms with Crippen molar-refractivity contribution >= 4 is 21.9 Å². The molecule has 108 valence electrons. The lowest BCUT2D eigenvalue weighted by Crippen LogP contribution is -2.58. The van der Waals surface area contributed by atoms with E-state index in [1.54, 1.807) is 0 Å². The van der Waals surface area contributed by atoms with Crippen LogP contribution in [0.4, 0.5) is 0 Å². The van der Waals surface area contributed by atoms with Crippen molar-refractivity contribution in [2.45, 2.75) is 30.7 Å². The molecule has 10 heteroatoms. The zero-order chi connectivity index (χ0) is 13.9. The van der Waals surface area contributed by atoms with Crippen LogP contribution >= 0.6 is 11.8 Å². The molecule has 1 heterocycles. The summed E-state index contributed by atoms with van der Waals surface area (Å²) in [6, 6.07) is 0. The molecule has 5 unspecified atom stereocenters. The van der Waals surface area contributed by atoms with Crippen LogP contribution in [0.25, 0.3) is 0 Å². The van der Waals surface area contributed by atoms with Gasteiger partial charge in [-0.05, 0) is 0 Å². The Hall–Kier alpha value is 0.0600. The highest BCUT2D eigenvalue weighted by Crippen LogP contribution is 2.22. The molecule has 1 fully saturated rings. The van der Waals surface area contributed by atoms with Gasteiger partial charge in [0.25, 0.3) is 10.1 Å². The number of thioether (sulfide) groups is 1. The van der Waals surface area contributed by atoms with Crippen LogP contribution in [-0.4, -0.2) is 81.4 Å². The lowest BCUT2D eigenvalue weighted by Gasteiger charge is -2.38. The monoisotopic (exact) mass is 304 g/mol. The van der Waals surface area contributed by atoms with Crippen LogP contribution in [0.2, 0.25) is 0 Å². The number of hydrogen-bond donors (Lipinski definition) is 5. The molecule has 0 spiro atoms. The maximum absolute atomic E-state index is 10.4. The average Bonchev–Trinajstić information content (AvgIpc) is 2.26. The highest BCUT2D eigenvalue weighted by Gasteiger charge is 2.42. The van der Waals surface area contributed by atoms with E-state index in [9.17, 15) is 28.8 Å². The minimum Gasteiger partial charge on any atom is -0.388 e. The van der Waals surface area contributed by atoms with Crippen LogP contribution in [0.15, 0.2) is 0 Å². The predicted octanol–water partition coefficient (Wildman–Crippen LogP) is -2.59. The molecule has 0 radical (unpaired) electrons. The molecule has 5 N–H and O–H groups in total. The van der Waals surface area contributed by atoms with Gasteiger partial charge in [0.05, 0.1) is 11.9 Å². The first-order chi connectivity index (χ1) is 8.22. The fourth-order valence-electron chi connectivity index (χ4n) is 1.43. The summed E-state index contributed by atoms with van der Waals surface area (Å²) in [5, 5.41) is 37.4. The Bertz CT molecular complexity index is 358. The van der Waals surface area contributed by atoms with Crippen molar-refractivity contribution in [3.05, 3.63) is 0 Å². The van der Waals surface area contributed by atoms with Gasteiger partial charge in [-0.1, -0.05) is 0 Å². The first-order valence-corrected chi connectivity index (χ1v) is 7.89. The van der Waals surface area contributed by atoms with Crippen molar-refractivity contribution in [2.24, 2.45) is 0 Å². The minimum absolute atomic E-state index is 0.0835. The minimum atomic E-state index is -4.03. The Morgan fingerprint density at radius 1 is 1.06 bits per heavy atom. The molecule has 1 saturated heterocycles. The number of aliphatic hydroxyl groups is 4. The second-order valence-electron chi connectivity index (χ2n) is 3.90. The van der Waals surface area contributed by atoms with Crippen molar-refractivity contribution < 1.29 is 38.1 Å². The molecular weight excluding hydrogens is 288 g/mol. The number of rotatable bonds is 5. The van der Waals surface area contributed by atoms with E-state index in [0.717, 1.165) is 11.8 Å². The Kier molecular flexibility index (Phi) is 5.80. The quantitative estimate of drug-likeness (QED) is 0.273. The molecule has 8 nitrogen and oxygen atoms in total. The summed E-state index contributed by atoms with van der Waals surface area (Å²) in [5.41, 5.74) is 0. The third kappa shape index (κ3) is 4.63. The summed E-state index contributed by atoms with van der Waals surface area (Å²) in [4.78, 5) is 0. The molecule has 1 rings (SSSR count). The van der Waals surface area contributed by atoms with Crippen molar-refractivity contribution in [3.63, 3.8) is 0 Å². The van der Waals surface area contributed by atoms with E-state index in [2.05, 4.69) is 0 Å². The molecule has 0 bridgehead atoms. The lowest BCUT2D eigenvalue weighted by molar-refractivity contribution is -0.276. The van der Waals surface area contributed by atoms with Crippen molar-refractivity contribution in [2.75, 3.05) is 17.3 Å². The molecule has 0 saturated carbocycles. The maximum Gasteiger partial charge on any atom is 0.265 e. The number of aliphatic hydroxyl groups excluding tert-OH is 4. The van der Waals surface area contributed by atoms with E-state index in [-0.39, 0.29) is 11.5 Å². The molecule has 0 amide bonds. The maximum atomic E-state index is 10.4. The molecule has 0 aromatic carbocycles. The SMILES string of the molecule is O=S(=O)(O)CCSCC1OC(O)C(O)C(O)C1O. The lowest BCUT2D eigenvalue weighted by atomic mass is 10.0. The number of ether oxygens (including phenoxy) is 1. The Morgan fingerprint density at radius 2 is 1.67 bits per heavy atom. The van der Waals surface area contributed by atoms with Gasteiger partial charge in [-0.25, -0.2) is 0 Å². The molecule has 5 atom stereocenters. The molecule has 1 aliphatic heterocycles. The van der Waals surface area contributed by atoms with Crippen molar-refractivity contribution in [1.29, 1.82) is 0 Å². The number of hydrogen-bond acceptors (Lipinski definition) is 8. The van der Waals surface area contributed by atoms with Crippen molar-refractivity contribution in [1.82, 2.24) is 0 Å². The highest BCUT2D eigenvalue weighted by molar-refractivity contribution is 8.00. The van der Waals surface area contributed by atoms with Gasteiger partial charge in [0.1, 0.15) is 18.3 Å². The fourth-order valence-corrected chi connectivity index (χ4v) is 3.42. The molecule has 0 aromatic rings. The first kappa shape index (κ1) is 16.1. The first-order valence-electron chi connectivity index (χ1n) is 5.13. The molecule has 0 aromatic heterocycles. The summed E-state index contributed by atoms with van der Waals surface area (Å²) in [7, 11) is -4.03. The smallest absolute Gasteiger partial charge is 0.265 e. The van der Waals surface area contributed by atoms with Crippen LogP contribution < -0.4 is 0 Å². The van der Waals surface area contributed by atoms with Gasteiger partial charge < -0.3 is 25.2 Å². The van der Waals surface area contributed by atoms with E-state index < -0.39 is 46.6 Å². The van der Waals surface area contributed by atoms with Gasteiger partial charge in [-0.15, -0.1) is 0 Å². The summed E-state index contributed by atoms with van der Waals surface area (Å²) in [6.07, 6.45) is -7.01. The van der Waals surface area contributed by atoms with Crippen LogP contribution in [0, 0.1) is 0 Å². The van der Waals surface area contributed by atoms with Gasteiger partial charge in [-0.2, -0.15) is 20.2 Å². The van der Waals surface area contributed by atoms with Gasteiger partial charge in [-0.3, -0.25) is 4.55 Å². The van der Waals surface area contributed by atoms with E-state index in [0.29, 0.717) is 0 Å². The van der Waals surface area contributed by atoms with E-state index >= 15 is 0 Å². The second kappa shape index (κ2) is 6.48. The summed E-state index contributed by atoms with van der Waals surface area (Å²) >= 11 is 1.07. The molecule has 0 aliphatic carbocycles. The summed E-state index contributed by atoms with van der Waals surface area (Å²) in [5.74, 6) is -0.244. The molecule has 18 heavy (non-hydrogen) atoms. The van der Waals surface area contributed by atoms with E-state index in [1.165, 1.54) is 0 Å². The summed E-state index contributed by atoms with van der Waals surface area (Å²) < 4.78 is 34.3. The van der Waals surface area contributed by atoms with Crippen molar-refractivity contribution in [3.8, 4) is 0 Å². The van der Waals surface area contributed by atoms with Crippen LogP contribution in [0.1, 0.15) is 0 Å². The van der Waals surface area contributed by atoms with Crippen LogP contribution in [-0.2, 0) is 14.9 Å². The third-order valence-corrected chi connectivity index (χ3v) is 4.49. The van der Waals surface area contributed by atoms with Gasteiger partial charge in [0, 0.05) is 11.5 Å². The van der Waals surface area contributed by atoms with Gasteiger partial charge in [0.15, 0.2) is 6.29 Å². The standard InChI is InChI=1S/C8H16O8S2/c9-5-4(3-17-1-2-18(13,14)15)16-8(12)7(11)6(5)10/h4-12H,1-3H2,(H,13,14,15). The molecular formula is C8H16O8S2. The zero-order valence-corrected chi connectivity index (χ0v) is 10.9. The third-order valence-electron chi connectivity index (χ3n) is 2.45. The average molecular weight is 304 g/mol. The normalized spacial score (nSPS) is 37.7. The van der Waals surface area contributed by atoms with Crippen LogP contribution in [0.3, 0.4) is 0 Å². The Balaban J connectivity index is 2.38. The van der Waals surface area contributed by atoms with Gasteiger partial charge in [0.2, 0.25) is 0 Å². The zero-order valence-electron chi connectivity index (χ0n) is 9.29. The largest absolute Gasteiger partial charge is 0.388 e. The van der Waals surface area contributed by atoms with Gasteiger partial charge >= 0.3 is 0 Å². The Labute approximate surface area is 108 Å². The van der Waals surface area contributed by atoms with E-state index in [4.69, 9.17) is 9.29 Å². The predicted molar refractivity (Wildman–Crippen MR) is 62.6 cm³/mol. The Morgan fingerprint density at radius 3 is 2.22 bits per heavy atom. The molecule has 1 aliphatic rings. The summed E-state index contributed by atoms with van der Waals surface area (Å²) in [6.45, 7) is 0. The topological polar surface area (TPSA) is 145 Å². The fraction of sp³-hybridized carbons (Fsp3) is 1.00. The second-order valence-corrected chi connectivity index (χ2v) is 6.62. The highest BCUT2D eigenvalue weighted by atomic mass is 32.2.